The third-order valence-electron chi connectivity index (χ3n) is 3.16. The Balaban J connectivity index is 2.13. The SMILES string of the molecule is CCNC(=O)CN(CC)Cc1sc2ccccc2c1Cl. The zero-order valence-corrected chi connectivity index (χ0v) is 13.4. The van der Waals surface area contributed by atoms with Gasteiger partial charge in [0, 0.05) is 28.1 Å². The Labute approximate surface area is 128 Å². The molecule has 0 aliphatic heterocycles. The van der Waals surface area contributed by atoms with Crippen LogP contribution in [0.5, 0.6) is 0 Å². The maximum absolute atomic E-state index is 11.7. The van der Waals surface area contributed by atoms with Crippen LogP contribution in [0, 0.1) is 0 Å². The van der Waals surface area contributed by atoms with Gasteiger partial charge in [0.25, 0.3) is 0 Å². The largest absolute Gasteiger partial charge is 0.355 e. The summed E-state index contributed by atoms with van der Waals surface area (Å²) < 4.78 is 1.20. The summed E-state index contributed by atoms with van der Waals surface area (Å²) >= 11 is 8.14. The summed E-state index contributed by atoms with van der Waals surface area (Å²) in [5, 5.41) is 4.75. The Morgan fingerprint density at radius 1 is 1.35 bits per heavy atom. The van der Waals surface area contributed by atoms with E-state index in [2.05, 4.69) is 23.2 Å². The normalized spacial score (nSPS) is 11.2. The third kappa shape index (κ3) is 3.51. The van der Waals surface area contributed by atoms with E-state index in [1.807, 2.05) is 25.1 Å². The Kier molecular flexibility index (Phi) is 5.40. The van der Waals surface area contributed by atoms with Gasteiger partial charge < -0.3 is 5.32 Å². The molecule has 0 atom stereocenters. The first-order chi connectivity index (χ1) is 9.65. The number of rotatable bonds is 6. The van der Waals surface area contributed by atoms with Gasteiger partial charge in [-0.3, -0.25) is 9.69 Å². The van der Waals surface area contributed by atoms with E-state index in [0.717, 1.165) is 21.8 Å². The van der Waals surface area contributed by atoms with Crippen molar-refractivity contribution in [3.63, 3.8) is 0 Å². The lowest BCUT2D eigenvalue weighted by atomic mass is 10.2. The summed E-state index contributed by atoms with van der Waals surface area (Å²) in [6, 6.07) is 8.13. The lowest BCUT2D eigenvalue weighted by Crippen LogP contribution is -2.36. The first kappa shape index (κ1) is 15.3. The molecule has 0 unspecified atom stereocenters. The molecule has 0 saturated carbocycles. The van der Waals surface area contributed by atoms with Gasteiger partial charge in [-0.15, -0.1) is 11.3 Å². The molecule has 0 saturated heterocycles. The zero-order valence-electron chi connectivity index (χ0n) is 11.8. The van der Waals surface area contributed by atoms with Crippen LogP contribution >= 0.6 is 22.9 Å². The van der Waals surface area contributed by atoms with Gasteiger partial charge in [-0.2, -0.15) is 0 Å². The van der Waals surface area contributed by atoms with E-state index in [9.17, 15) is 4.79 Å². The Bertz CT molecular complexity index is 597. The van der Waals surface area contributed by atoms with E-state index in [1.54, 1.807) is 11.3 Å². The van der Waals surface area contributed by atoms with Crippen molar-refractivity contribution in [3.05, 3.63) is 34.2 Å². The smallest absolute Gasteiger partial charge is 0.234 e. The summed E-state index contributed by atoms with van der Waals surface area (Å²) in [6.07, 6.45) is 0. The standard InChI is InChI=1S/C15H19ClN2OS/c1-3-17-14(19)10-18(4-2)9-13-15(16)11-7-5-6-8-12(11)20-13/h5-8H,3-4,9-10H2,1-2H3,(H,17,19). The molecule has 0 aliphatic rings. The Hall–Kier alpha value is -1.10. The van der Waals surface area contributed by atoms with Gasteiger partial charge in [0.1, 0.15) is 0 Å². The molecule has 0 fully saturated rings. The second-order valence-electron chi connectivity index (χ2n) is 4.59. The molecule has 1 aromatic carbocycles. The topological polar surface area (TPSA) is 32.3 Å². The van der Waals surface area contributed by atoms with Gasteiger partial charge in [0.15, 0.2) is 0 Å². The summed E-state index contributed by atoms with van der Waals surface area (Å²) in [4.78, 5) is 14.9. The van der Waals surface area contributed by atoms with Crippen molar-refractivity contribution in [2.75, 3.05) is 19.6 Å². The summed E-state index contributed by atoms with van der Waals surface area (Å²) in [5.41, 5.74) is 0. The van der Waals surface area contributed by atoms with Gasteiger partial charge in [0.05, 0.1) is 11.6 Å². The number of thiophene rings is 1. The summed E-state index contributed by atoms with van der Waals surface area (Å²) in [7, 11) is 0. The number of fused-ring (bicyclic) bond motifs is 1. The fraction of sp³-hybridized carbons (Fsp3) is 0.400. The molecule has 0 bridgehead atoms. The molecule has 5 heteroatoms. The number of carbonyl (C=O) groups excluding carboxylic acids is 1. The molecule has 108 valence electrons. The molecule has 3 nitrogen and oxygen atoms in total. The van der Waals surface area contributed by atoms with Crippen molar-refractivity contribution in [2.45, 2.75) is 20.4 Å². The molecule has 1 amide bonds. The Morgan fingerprint density at radius 2 is 2.10 bits per heavy atom. The molecule has 0 radical (unpaired) electrons. The van der Waals surface area contributed by atoms with E-state index < -0.39 is 0 Å². The van der Waals surface area contributed by atoms with Crippen LogP contribution in [0.2, 0.25) is 5.02 Å². The average Bonchev–Trinajstić information content (AvgIpc) is 2.75. The first-order valence-electron chi connectivity index (χ1n) is 6.80. The number of nitrogens with one attached hydrogen (secondary N) is 1. The van der Waals surface area contributed by atoms with E-state index >= 15 is 0 Å². The fourth-order valence-electron chi connectivity index (χ4n) is 2.11. The minimum atomic E-state index is 0.0617. The van der Waals surface area contributed by atoms with Crippen LogP contribution in [-0.2, 0) is 11.3 Å². The highest BCUT2D eigenvalue weighted by Gasteiger charge is 2.14. The number of nitrogens with zero attached hydrogens (tertiary/aromatic N) is 1. The number of hydrogen-bond acceptors (Lipinski definition) is 3. The summed E-state index contributed by atoms with van der Waals surface area (Å²) in [6.45, 7) is 6.60. The van der Waals surface area contributed by atoms with Crippen LogP contribution in [0.1, 0.15) is 18.7 Å². The molecule has 20 heavy (non-hydrogen) atoms. The minimum absolute atomic E-state index is 0.0617. The molecule has 0 spiro atoms. The van der Waals surface area contributed by atoms with Gasteiger partial charge in [-0.05, 0) is 19.5 Å². The maximum atomic E-state index is 11.7. The van der Waals surface area contributed by atoms with Crippen LogP contribution in [0.25, 0.3) is 10.1 Å². The molecular weight excluding hydrogens is 292 g/mol. The van der Waals surface area contributed by atoms with E-state index in [4.69, 9.17) is 11.6 Å². The van der Waals surface area contributed by atoms with Crippen molar-refractivity contribution >= 4 is 38.9 Å². The molecular formula is C15H19ClN2OS. The second-order valence-corrected chi connectivity index (χ2v) is 6.11. The predicted molar refractivity (Wildman–Crippen MR) is 86.5 cm³/mol. The third-order valence-corrected chi connectivity index (χ3v) is 4.86. The van der Waals surface area contributed by atoms with Crippen LogP contribution < -0.4 is 5.32 Å². The van der Waals surface area contributed by atoms with Gasteiger partial charge in [-0.1, -0.05) is 36.7 Å². The van der Waals surface area contributed by atoms with Crippen molar-refractivity contribution in [2.24, 2.45) is 0 Å². The quantitative estimate of drug-likeness (QED) is 0.885. The predicted octanol–water partition coefficient (Wildman–Crippen LogP) is 3.51. The van der Waals surface area contributed by atoms with Crippen molar-refractivity contribution in [1.82, 2.24) is 10.2 Å². The van der Waals surface area contributed by atoms with Gasteiger partial charge in [0.2, 0.25) is 5.91 Å². The number of halogens is 1. The number of likely N-dealkylation sites (N-methyl/N-ethyl adjacent to an activating group) is 2. The number of amides is 1. The van der Waals surface area contributed by atoms with Gasteiger partial charge >= 0.3 is 0 Å². The highest BCUT2D eigenvalue weighted by molar-refractivity contribution is 7.19. The number of hydrogen-bond donors (Lipinski definition) is 1. The fourth-order valence-corrected chi connectivity index (χ4v) is 3.64. The molecule has 1 heterocycles. The molecule has 2 rings (SSSR count). The highest BCUT2D eigenvalue weighted by Crippen LogP contribution is 2.35. The lowest BCUT2D eigenvalue weighted by Gasteiger charge is -2.19. The van der Waals surface area contributed by atoms with Crippen molar-refractivity contribution in [1.29, 1.82) is 0 Å². The average molecular weight is 311 g/mol. The van der Waals surface area contributed by atoms with Gasteiger partial charge in [-0.25, -0.2) is 0 Å². The lowest BCUT2D eigenvalue weighted by molar-refractivity contribution is -0.122. The van der Waals surface area contributed by atoms with Crippen LogP contribution in [-0.4, -0.2) is 30.4 Å². The molecule has 0 aliphatic carbocycles. The second kappa shape index (κ2) is 7.07. The highest BCUT2D eigenvalue weighted by atomic mass is 35.5. The van der Waals surface area contributed by atoms with Crippen molar-refractivity contribution < 1.29 is 4.79 Å². The van der Waals surface area contributed by atoms with E-state index in [1.165, 1.54) is 4.70 Å². The van der Waals surface area contributed by atoms with Crippen molar-refractivity contribution in [3.8, 4) is 0 Å². The monoisotopic (exact) mass is 310 g/mol. The maximum Gasteiger partial charge on any atom is 0.234 e. The Morgan fingerprint density at radius 3 is 2.75 bits per heavy atom. The van der Waals surface area contributed by atoms with Crippen LogP contribution in [0.15, 0.2) is 24.3 Å². The van der Waals surface area contributed by atoms with E-state index in [0.29, 0.717) is 19.6 Å². The minimum Gasteiger partial charge on any atom is -0.355 e. The first-order valence-corrected chi connectivity index (χ1v) is 8.00. The number of carbonyl (C=O) groups is 1. The number of benzene rings is 1. The molecule has 2 aromatic rings. The summed E-state index contributed by atoms with van der Waals surface area (Å²) in [5.74, 6) is 0.0617. The van der Waals surface area contributed by atoms with Crippen LogP contribution in [0.3, 0.4) is 0 Å². The van der Waals surface area contributed by atoms with Crippen LogP contribution in [0.4, 0.5) is 0 Å². The molecule has 1 N–H and O–H groups in total. The zero-order chi connectivity index (χ0) is 14.5. The molecule has 1 aromatic heterocycles. The van der Waals surface area contributed by atoms with E-state index in [-0.39, 0.29) is 5.91 Å².